The predicted molar refractivity (Wildman–Crippen MR) is 97.0 cm³/mol. The van der Waals surface area contributed by atoms with Crippen LogP contribution in [-0.2, 0) is 6.54 Å². The third-order valence-electron chi connectivity index (χ3n) is 5.05. The molecule has 7 heteroatoms. The number of piperidine rings is 1. The highest BCUT2D eigenvalue weighted by Crippen LogP contribution is 2.26. The van der Waals surface area contributed by atoms with E-state index in [2.05, 4.69) is 22.5 Å². The summed E-state index contributed by atoms with van der Waals surface area (Å²) in [6, 6.07) is 4.79. The Hall–Kier alpha value is -2.41. The minimum atomic E-state index is -0.459. The monoisotopic (exact) mass is 344 g/mol. The van der Waals surface area contributed by atoms with Crippen LogP contribution in [0.2, 0.25) is 0 Å². The smallest absolute Gasteiger partial charge is 0.328 e. The molecule has 0 aliphatic carbocycles. The summed E-state index contributed by atoms with van der Waals surface area (Å²) in [6.07, 6.45) is 2.05. The maximum Gasteiger partial charge on any atom is 0.328 e. The van der Waals surface area contributed by atoms with Crippen LogP contribution < -0.4 is 21.9 Å². The molecular formula is C18H24N4O3. The first-order valence-corrected chi connectivity index (χ1v) is 8.69. The van der Waals surface area contributed by atoms with E-state index in [4.69, 9.17) is 0 Å². The Balaban J connectivity index is 1.82. The number of nitrogens with one attached hydrogen (secondary N) is 3. The van der Waals surface area contributed by atoms with Gasteiger partial charge >= 0.3 is 5.69 Å². The second-order valence-corrected chi connectivity index (χ2v) is 6.98. The van der Waals surface area contributed by atoms with E-state index >= 15 is 0 Å². The van der Waals surface area contributed by atoms with Gasteiger partial charge in [-0.1, -0.05) is 6.92 Å². The molecule has 1 aromatic heterocycles. The van der Waals surface area contributed by atoms with Crippen LogP contribution in [0, 0.1) is 5.41 Å². The molecule has 1 aromatic carbocycles. The van der Waals surface area contributed by atoms with E-state index in [1.54, 1.807) is 25.1 Å². The van der Waals surface area contributed by atoms with Crippen molar-refractivity contribution in [2.45, 2.75) is 33.2 Å². The molecule has 3 N–H and O–H groups in total. The third-order valence-corrected chi connectivity index (χ3v) is 5.05. The van der Waals surface area contributed by atoms with Crippen LogP contribution in [0.15, 0.2) is 27.8 Å². The zero-order valence-electron chi connectivity index (χ0n) is 14.6. The number of benzene rings is 1. The van der Waals surface area contributed by atoms with Gasteiger partial charge in [-0.15, -0.1) is 0 Å². The fourth-order valence-electron chi connectivity index (χ4n) is 3.29. The lowest BCUT2D eigenvalue weighted by Crippen LogP contribution is -2.42. The van der Waals surface area contributed by atoms with Gasteiger partial charge in [-0.25, -0.2) is 4.79 Å². The Bertz CT molecular complexity index is 907. The first-order valence-electron chi connectivity index (χ1n) is 8.69. The number of hydrogen-bond acceptors (Lipinski definition) is 4. The Morgan fingerprint density at radius 2 is 2.00 bits per heavy atom. The van der Waals surface area contributed by atoms with E-state index in [0.29, 0.717) is 29.6 Å². The van der Waals surface area contributed by atoms with Crippen LogP contribution in [0.5, 0.6) is 0 Å². The van der Waals surface area contributed by atoms with E-state index in [1.807, 2.05) is 0 Å². The van der Waals surface area contributed by atoms with Crippen molar-refractivity contribution in [3.05, 3.63) is 44.6 Å². The second-order valence-electron chi connectivity index (χ2n) is 6.98. The molecule has 0 atom stereocenters. The van der Waals surface area contributed by atoms with Gasteiger partial charge < -0.3 is 15.6 Å². The summed E-state index contributed by atoms with van der Waals surface area (Å²) in [4.78, 5) is 39.4. The van der Waals surface area contributed by atoms with E-state index in [0.717, 1.165) is 30.5 Å². The molecule has 0 radical (unpaired) electrons. The molecule has 134 valence electrons. The van der Waals surface area contributed by atoms with E-state index < -0.39 is 5.69 Å². The van der Waals surface area contributed by atoms with Crippen LogP contribution in [0.1, 0.15) is 37.0 Å². The first kappa shape index (κ1) is 17.4. The maximum atomic E-state index is 12.5. The molecule has 0 bridgehead atoms. The van der Waals surface area contributed by atoms with Crippen molar-refractivity contribution in [3.63, 3.8) is 0 Å². The van der Waals surface area contributed by atoms with Crippen molar-refractivity contribution < 1.29 is 4.79 Å². The summed E-state index contributed by atoms with van der Waals surface area (Å²) in [5.74, 6) is -0.192. The van der Waals surface area contributed by atoms with Gasteiger partial charge in [-0.05, 0) is 56.5 Å². The fraction of sp³-hybridized carbons (Fsp3) is 0.500. The van der Waals surface area contributed by atoms with Gasteiger partial charge in [0.05, 0.1) is 10.9 Å². The number of H-pyrrole nitrogens is 1. The first-order chi connectivity index (χ1) is 11.9. The highest BCUT2D eigenvalue weighted by atomic mass is 16.2. The number of aromatic amines is 1. The maximum absolute atomic E-state index is 12.5. The molecule has 3 rings (SSSR count). The number of nitrogens with zero attached hydrogens (tertiary/aromatic N) is 1. The SMILES string of the molecule is CCn1c(=O)[nH]c2cc(C(=O)NCC3(C)CCNCC3)ccc2c1=O. The lowest BCUT2D eigenvalue weighted by Gasteiger charge is -2.34. The minimum absolute atomic E-state index is 0.0981. The number of carbonyl (C=O) groups excluding carboxylic acids is 1. The number of amides is 1. The van der Waals surface area contributed by atoms with Crippen molar-refractivity contribution in [1.29, 1.82) is 0 Å². The Kier molecular flexibility index (Phi) is 4.76. The van der Waals surface area contributed by atoms with Crippen molar-refractivity contribution in [1.82, 2.24) is 20.2 Å². The summed E-state index contributed by atoms with van der Waals surface area (Å²) in [5.41, 5.74) is 0.131. The molecule has 0 unspecified atom stereocenters. The van der Waals surface area contributed by atoms with Gasteiger partial charge in [0.25, 0.3) is 11.5 Å². The molecule has 1 fully saturated rings. The van der Waals surface area contributed by atoms with Crippen LogP contribution >= 0.6 is 0 Å². The lowest BCUT2D eigenvalue weighted by atomic mass is 9.81. The summed E-state index contributed by atoms with van der Waals surface area (Å²) in [6.45, 7) is 6.77. The summed E-state index contributed by atoms with van der Waals surface area (Å²) in [7, 11) is 0. The number of aromatic nitrogens is 2. The Labute approximate surface area is 145 Å². The van der Waals surface area contributed by atoms with E-state index in [1.165, 1.54) is 0 Å². The van der Waals surface area contributed by atoms with Crippen molar-refractivity contribution in [2.24, 2.45) is 5.41 Å². The van der Waals surface area contributed by atoms with Crippen LogP contribution in [0.4, 0.5) is 0 Å². The highest BCUT2D eigenvalue weighted by Gasteiger charge is 2.27. The highest BCUT2D eigenvalue weighted by molar-refractivity contribution is 5.97. The van der Waals surface area contributed by atoms with Gasteiger partial charge in [0.15, 0.2) is 0 Å². The van der Waals surface area contributed by atoms with Crippen LogP contribution in [-0.4, -0.2) is 35.1 Å². The predicted octanol–water partition coefficient (Wildman–Crippen LogP) is 0.829. The largest absolute Gasteiger partial charge is 0.351 e. The Morgan fingerprint density at radius 3 is 2.68 bits per heavy atom. The molecule has 1 amide bonds. The molecule has 2 heterocycles. The summed E-state index contributed by atoms with van der Waals surface area (Å²) < 4.78 is 1.14. The van der Waals surface area contributed by atoms with Crippen molar-refractivity contribution in [3.8, 4) is 0 Å². The molecule has 7 nitrogen and oxygen atoms in total. The van der Waals surface area contributed by atoms with Crippen LogP contribution in [0.3, 0.4) is 0 Å². The zero-order valence-corrected chi connectivity index (χ0v) is 14.6. The number of hydrogen-bond donors (Lipinski definition) is 3. The van der Waals surface area contributed by atoms with E-state index in [-0.39, 0.29) is 16.9 Å². The average molecular weight is 344 g/mol. The fourth-order valence-corrected chi connectivity index (χ4v) is 3.29. The molecule has 1 aliphatic rings. The standard InChI is InChI=1S/C18H24N4O3/c1-3-22-16(24)13-5-4-12(10-14(13)21-17(22)25)15(23)20-11-18(2)6-8-19-9-7-18/h4-5,10,19H,3,6-9,11H2,1-2H3,(H,20,23)(H,21,25). The van der Waals surface area contributed by atoms with Crippen molar-refractivity contribution >= 4 is 16.8 Å². The molecule has 1 saturated heterocycles. The van der Waals surface area contributed by atoms with Gasteiger partial charge in [0, 0.05) is 18.7 Å². The number of fused-ring (bicyclic) bond motifs is 1. The number of rotatable bonds is 4. The molecule has 0 spiro atoms. The minimum Gasteiger partial charge on any atom is -0.351 e. The molecule has 0 saturated carbocycles. The van der Waals surface area contributed by atoms with Crippen LogP contribution in [0.25, 0.3) is 10.9 Å². The average Bonchev–Trinajstić information content (AvgIpc) is 2.60. The molecule has 1 aliphatic heterocycles. The summed E-state index contributed by atoms with van der Waals surface area (Å²) in [5, 5.41) is 6.71. The van der Waals surface area contributed by atoms with Gasteiger partial charge in [-0.2, -0.15) is 0 Å². The van der Waals surface area contributed by atoms with Gasteiger partial charge in [-0.3, -0.25) is 14.2 Å². The molecular weight excluding hydrogens is 320 g/mol. The second kappa shape index (κ2) is 6.84. The number of carbonyl (C=O) groups is 1. The lowest BCUT2D eigenvalue weighted by molar-refractivity contribution is 0.0922. The zero-order chi connectivity index (χ0) is 18.0. The topological polar surface area (TPSA) is 96.0 Å². The third kappa shape index (κ3) is 3.51. The molecule has 25 heavy (non-hydrogen) atoms. The van der Waals surface area contributed by atoms with Gasteiger partial charge in [0.1, 0.15) is 0 Å². The van der Waals surface area contributed by atoms with E-state index in [9.17, 15) is 14.4 Å². The molecule has 2 aromatic rings. The summed E-state index contributed by atoms with van der Waals surface area (Å²) >= 11 is 0. The van der Waals surface area contributed by atoms with Crippen molar-refractivity contribution in [2.75, 3.05) is 19.6 Å². The Morgan fingerprint density at radius 1 is 1.28 bits per heavy atom. The quantitative estimate of drug-likeness (QED) is 0.765. The normalized spacial score (nSPS) is 16.7. The van der Waals surface area contributed by atoms with Gasteiger partial charge in [0.2, 0.25) is 0 Å².